The number of hydrogen-bond donors (Lipinski definition) is 3. The first-order valence-electron chi connectivity index (χ1n) is 17.3. The van der Waals surface area contributed by atoms with Crippen LogP contribution in [-0.2, 0) is 14.3 Å². The number of carbonyl (C=O) groups is 2. The average molecular weight is 672 g/mol. The van der Waals surface area contributed by atoms with Crippen LogP contribution < -0.4 is 10.2 Å². The molecule has 1 aromatic heterocycles. The van der Waals surface area contributed by atoms with Crippen LogP contribution in [0, 0.1) is 22.7 Å². The minimum absolute atomic E-state index is 0.0165. The van der Waals surface area contributed by atoms with E-state index in [0.29, 0.717) is 42.5 Å². The molecule has 0 aromatic carbocycles. The highest BCUT2D eigenvalue weighted by Gasteiger charge is 2.59. The molecule has 1 aromatic rings. The van der Waals surface area contributed by atoms with E-state index in [9.17, 15) is 19.8 Å². The van der Waals surface area contributed by atoms with Gasteiger partial charge in [0.25, 0.3) is 0 Å². The fraction of sp³-hybridized carbons (Fsp3) is 0.568. The van der Waals surface area contributed by atoms with Gasteiger partial charge < -0.3 is 30.1 Å². The van der Waals surface area contributed by atoms with E-state index in [1.807, 2.05) is 19.9 Å². The minimum Gasteiger partial charge on any atom is -0.423 e. The first-order valence-corrected chi connectivity index (χ1v) is 17.3. The van der Waals surface area contributed by atoms with Gasteiger partial charge in [-0.15, -0.1) is 0 Å². The molecule has 0 bridgehead atoms. The molecular formula is C37H49N7O5. The molecule has 3 aliphatic heterocycles. The van der Waals surface area contributed by atoms with Gasteiger partial charge in [0.1, 0.15) is 11.6 Å². The lowest BCUT2D eigenvalue weighted by molar-refractivity contribution is -0.149. The van der Waals surface area contributed by atoms with Gasteiger partial charge in [-0.3, -0.25) is 9.79 Å². The normalized spacial score (nSPS) is 33.5. The molecular weight excluding hydrogens is 622 g/mol. The minimum atomic E-state index is -0.746. The molecule has 0 spiro atoms. The van der Waals surface area contributed by atoms with Crippen LogP contribution in [0.15, 0.2) is 64.1 Å². The molecule has 4 unspecified atom stereocenters. The number of carbonyl (C=O) groups excluding carboxylic acids is 2. The van der Waals surface area contributed by atoms with E-state index in [4.69, 9.17) is 4.74 Å². The number of hydrogen-bond acceptors (Lipinski definition) is 12. The molecule has 2 aliphatic carbocycles. The van der Waals surface area contributed by atoms with E-state index >= 15 is 0 Å². The number of likely N-dealkylation sites (N-methyl/N-ethyl adjacent to an activating group) is 1. The predicted octanol–water partition coefficient (Wildman–Crippen LogP) is 2.75. The van der Waals surface area contributed by atoms with E-state index in [0.717, 1.165) is 43.7 Å². The van der Waals surface area contributed by atoms with E-state index in [1.165, 1.54) is 0 Å². The summed E-state index contributed by atoms with van der Waals surface area (Å²) in [6.45, 7) is 14.5. The molecule has 1 saturated heterocycles. The van der Waals surface area contributed by atoms with Crippen LogP contribution in [0.4, 0.5) is 5.95 Å². The number of ether oxygens (including phenoxy) is 1. The van der Waals surface area contributed by atoms with Crippen LogP contribution in [-0.4, -0.2) is 113 Å². The number of aliphatic imine (C=N–C) groups is 2. The Labute approximate surface area is 288 Å². The molecule has 0 radical (unpaired) electrons. The first kappa shape index (κ1) is 35.0. The fourth-order valence-electron chi connectivity index (χ4n) is 8.28. The Kier molecular flexibility index (Phi) is 10.1. The largest absolute Gasteiger partial charge is 0.423 e. The number of esters is 1. The van der Waals surface area contributed by atoms with Gasteiger partial charge in [0.2, 0.25) is 5.95 Å². The summed E-state index contributed by atoms with van der Waals surface area (Å²) in [6.07, 6.45) is 13.8. The van der Waals surface area contributed by atoms with Gasteiger partial charge in [-0.1, -0.05) is 38.2 Å². The molecule has 0 amide bonds. The SMILES string of the molecule is C=C1C(NC(C)C(=O)CC2=NCC=N2)CC2[C@](C)(CC[C@@H](O)[C@@]2(C)CO)C1/C=C/C1=CC(=C\c2cnc(N3CCN(C)CC3)nc2)/OC1=O. The van der Waals surface area contributed by atoms with Gasteiger partial charge in [-0.05, 0) is 56.7 Å². The van der Waals surface area contributed by atoms with Gasteiger partial charge in [0.05, 0.1) is 37.3 Å². The van der Waals surface area contributed by atoms with Crippen LogP contribution in [0.25, 0.3) is 6.08 Å². The molecule has 12 heteroatoms. The Hall–Kier alpha value is -3.84. The smallest absolute Gasteiger partial charge is 0.343 e. The number of nitrogens with one attached hydrogen (secondary N) is 1. The number of ketones is 1. The van der Waals surface area contributed by atoms with Crippen molar-refractivity contribution in [2.24, 2.45) is 32.7 Å². The zero-order chi connectivity index (χ0) is 34.9. The molecule has 2 saturated carbocycles. The maximum absolute atomic E-state index is 13.1. The summed E-state index contributed by atoms with van der Waals surface area (Å²) in [7, 11) is 2.11. The fourth-order valence-corrected chi connectivity index (χ4v) is 8.28. The second kappa shape index (κ2) is 14.2. The van der Waals surface area contributed by atoms with Crippen molar-refractivity contribution in [3.8, 4) is 0 Å². The number of amidine groups is 1. The molecule has 3 fully saturated rings. The van der Waals surface area contributed by atoms with Gasteiger partial charge in [0.15, 0.2) is 5.78 Å². The third-order valence-electron chi connectivity index (χ3n) is 11.5. The number of piperazine rings is 1. The average Bonchev–Trinajstić information content (AvgIpc) is 3.73. The molecule has 4 heterocycles. The van der Waals surface area contributed by atoms with E-state index in [2.05, 4.69) is 55.6 Å². The lowest BCUT2D eigenvalue weighted by Gasteiger charge is -2.61. The summed E-state index contributed by atoms with van der Waals surface area (Å²) in [5, 5.41) is 25.3. The van der Waals surface area contributed by atoms with Crippen molar-refractivity contribution < 1.29 is 24.5 Å². The Morgan fingerprint density at radius 1 is 1.22 bits per heavy atom. The van der Waals surface area contributed by atoms with Crippen molar-refractivity contribution in [3.05, 3.63) is 59.7 Å². The molecule has 262 valence electrons. The quantitative estimate of drug-likeness (QED) is 0.250. The topological polar surface area (TPSA) is 153 Å². The van der Waals surface area contributed by atoms with Gasteiger partial charge in [-0.2, -0.15) is 0 Å². The van der Waals surface area contributed by atoms with Gasteiger partial charge >= 0.3 is 5.97 Å². The summed E-state index contributed by atoms with van der Waals surface area (Å²) >= 11 is 0. The third kappa shape index (κ3) is 7.10. The Balaban J connectivity index is 1.22. The Morgan fingerprint density at radius 2 is 1.96 bits per heavy atom. The molecule has 3 N–H and O–H groups in total. The number of anilines is 1. The van der Waals surface area contributed by atoms with Crippen LogP contribution in [0.1, 0.15) is 52.0 Å². The number of nitrogens with zero attached hydrogens (tertiary/aromatic N) is 6. The van der Waals surface area contributed by atoms with E-state index in [1.54, 1.807) is 36.8 Å². The van der Waals surface area contributed by atoms with Gasteiger partial charge in [0, 0.05) is 67.7 Å². The second-order valence-corrected chi connectivity index (χ2v) is 14.7. The summed E-state index contributed by atoms with van der Waals surface area (Å²) < 4.78 is 5.60. The van der Waals surface area contributed by atoms with Gasteiger partial charge in [-0.25, -0.2) is 19.8 Å². The van der Waals surface area contributed by atoms with Crippen molar-refractivity contribution in [2.75, 3.05) is 51.3 Å². The zero-order valence-corrected chi connectivity index (χ0v) is 29.0. The number of allylic oxidation sites excluding steroid dienone is 2. The van der Waals surface area contributed by atoms with Crippen LogP contribution >= 0.6 is 0 Å². The Bertz CT molecular complexity index is 1610. The predicted molar refractivity (Wildman–Crippen MR) is 189 cm³/mol. The van der Waals surface area contributed by atoms with Crippen LogP contribution in [0.5, 0.6) is 0 Å². The molecule has 6 rings (SSSR count). The van der Waals surface area contributed by atoms with Crippen molar-refractivity contribution in [1.82, 2.24) is 20.2 Å². The monoisotopic (exact) mass is 671 g/mol. The molecule has 49 heavy (non-hydrogen) atoms. The lowest BCUT2D eigenvalue weighted by atomic mass is 9.45. The summed E-state index contributed by atoms with van der Waals surface area (Å²) in [5.41, 5.74) is 0.943. The number of aliphatic hydroxyl groups excluding tert-OH is 2. The van der Waals surface area contributed by atoms with Crippen molar-refractivity contribution in [2.45, 2.75) is 64.6 Å². The highest BCUT2D eigenvalue weighted by molar-refractivity contribution is 6.07. The van der Waals surface area contributed by atoms with E-state index in [-0.39, 0.29) is 42.1 Å². The number of aromatic nitrogens is 2. The van der Waals surface area contributed by atoms with Crippen LogP contribution in [0.3, 0.4) is 0 Å². The number of cyclic esters (lactones) is 1. The number of Topliss-reactive ketones (excluding diaryl/α,β-unsaturated/α-hetero) is 1. The number of fused-ring (bicyclic) bond motifs is 1. The molecule has 7 atom stereocenters. The standard InChI is InChI=1S/C37H49N7O5/c1-23-28(7-6-26-17-27(49-34(26)48)16-25-20-40-35(41-21-25)44-14-12-43(5)13-15-44)36(3)9-8-32(47)37(4,22-45)31(36)18-29(23)42-24(2)30(46)19-33-38-10-11-39-33/h6-7,10,16-17,20-21,24,28-29,31-32,42,45,47H,1,8-9,11-15,18-19,22H2,2-5H3/b7-6+,27-16+/t24?,28?,29?,31?,32-,36-,37+/m1/s1. The maximum Gasteiger partial charge on any atom is 0.343 e. The summed E-state index contributed by atoms with van der Waals surface area (Å²) in [6, 6.07) is -0.742. The maximum atomic E-state index is 13.1. The summed E-state index contributed by atoms with van der Waals surface area (Å²) in [4.78, 5) is 48.1. The van der Waals surface area contributed by atoms with Crippen LogP contribution in [0.2, 0.25) is 0 Å². The number of rotatable bonds is 10. The second-order valence-electron chi connectivity index (χ2n) is 14.7. The Morgan fingerprint density at radius 3 is 2.63 bits per heavy atom. The number of aliphatic hydroxyl groups is 2. The molecule has 5 aliphatic rings. The van der Waals surface area contributed by atoms with Crippen molar-refractivity contribution >= 4 is 35.8 Å². The third-order valence-corrected chi connectivity index (χ3v) is 11.5. The first-order chi connectivity index (χ1) is 23.4. The lowest BCUT2D eigenvalue weighted by Crippen LogP contribution is -2.61. The molecule has 12 nitrogen and oxygen atoms in total. The van der Waals surface area contributed by atoms with Crippen molar-refractivity contribution in [3.63, 3.8) is 0 Å². The summed E-state index contributed by atoms with van der Waals surface area (Å²) in [5.74, 6) is 0.871. The highest BCUT2D eigenvalue weighted by atomic mass is 16.5. The zero-order valence-electron chi connectivity index (χ0n) is 29.0. The van der Waals surface area contributed by atoms with E-state index < -0.39 is 23.5 Å². The van der Waals surface area contributed by atoms with Crippen molar-refractivity contribution in [1.29, 1.82) is 0 Å². The highest BCUT2D eigenvalue weighted by Crippen LogP contribution is 2.61.